The Morgan fingerprint density at radius 3 is 2.59 bits per heavy atom. The smallest absolute Gasteiger partial charge is 0.343 e. The van der Waals surface area contributed by atoms with E-state index in [1.165, 1.54) is 36.4 Å². The molecule has 2 amide bonds. The number of carbonyl (C=O) groups is 2. The molecule has 0 aromatic heterocycles. The van der Waals surface area contributed by atoms with Crippen molar-refractivity contribution in [3.63, 3.8) is 0 Å². The number of benzene rings is 1. The number of carbonyl (C=O) groups excluding carboxylic acids is 2. The first kappa shape index (κ1) is 17.5. The van der Waals surface area contributed by atoms with Gasteiger partial charge in [0.15, 0.2) is 0 Å². The predicted molar refractivity (Wildman–Crippen MR) is 77.4 cm³/mol. The van der Waals surface area contributed by atoms with Crippen LogP contribution in [-0.2, 0) is 4.79 Å². The maximum Gasteiger partial charge on any atom is 0.405 e. The standard InChI is InChI=1S/C15H15F3N2O2/c1-2-3-4-8-13(21)20-12-7-5-6-11(9-12)14(22)19-10-15(16,17)18/h2-9H,10H2,1H3,(H,19,22)(H,20,21). The van der Waals surface area contributed by atoms with Crippen LogP contribution in [0.1, 0.15) is 17.3 Å². The zero-order valence-electron chi connectivity index (χ0n) is 11.8. The van der Waals surface area contributed by atoms with Crippen molar-refractivity contribution >= 4 is 17.5 Å². The SMILES string of the molecule is CC=CC=CC(=O)Nc1cccc(C(=O)NCC(F)(F)F)c1. The van der Waals surface area contributed by atoms with Crippen molar-refractivity contribution in [3.05, 3.63) is 54.1 Å². The van der Waals surface area contributed by atoms with E-state index in [1.807, 2.05) is 0 Å². The number of allylic oxidation sites excluding steroid dienone is 3. The van der Waals surface area contributed by atoms with Crippen LogP contribution in [0.15, 0.2) is 48.6 Å². The van der Waals surface area contributed by atoms with Crippen LogP contribution in [0.3, 0.4) is 0 Å². The Hall–Kier alpha value is -2.57. The van der Waals surface area contributed by atoms with Gasteiger partial charge in [-0.15, -0.1) is 0 Å². The van der Waals surface area contributed by atoms with Gasteiger partial charge >= 0.3 is 6.18 Å². The lowest BCUT2D eigenvalue weighted by atomic mass is 10.2. The Labute approximate surface area is 125 Å². The normalized spacial score (nSPS) is 11.8. The second-order valence-electron chi connectivity index (χ2n) is 4.25. The molecule has 0 spiro atoms. The summed E-state index contributed by atoms with van der Waals surface area (Å²) < 4.78 is 36.1. The number of hydrogen-bond acceptors (Lipinski definition) is 2. The maximum absolute atomic E-state index is 12.0. The molecule has 0 unspecified atom stereocenters. The summed E-state index contributed by atoms with van der Waals surface area (Å²) in [7, 11) is 0. The quantitative estimate of drug-likeness (QED) is 0.648. The number of anilines is 1. The zero-order chi connectivity index (χ0) is 16.6. The maximum atomic E-state index is 12.0. The van der Waals surface area contributed by atoms with E-state index < -0.39 is 24.5 Å². The lowest BCUT2D eigenvalue weighted by Crippen LogP contribution is -2.33. The van der Waals surface area contributed by atoms with Gasteiger partial charge in [0.05, 0.1) is 0 Å². The van der Waals surface area contributed by atoms with Crippen molar-refractivity contribution in [3.8, 4) is 0 Å². The lowest BCUT2D eigenvalue weighted by Gasteiger charge is -2.09. The predicted octanol–water partition coefficient (Wildman–Crippen LogP) is 3.05. The van der Waals surface area contributed by atoms with E-state index in [0.29, 0.717) is 5.69 Å². The van der Waals surface area contributed by atoms with E-state index in [9.17, 15) is 22.8 Å². The molecule has 118 valence electrons. The molecular formula is C15H15F3N2O2. The number of alkyl halides is 3. The highest BCUT2D eigenvalue weighted by molar-refractivity contribution is 6.01. The van der Waals surface area contributed by atoms with Crippen molar-refractivity contribution in [1.82, 2.24) is 5.32 Å². The van der Waals surface area contributed by atoms with Gasteiger partial charge in [-0.25, -0.2) is 0 Å². The van der Waals surface area contributed by atoms with E-state index in [4.69, 9.17) is 0 Å². The fourth-order valence-electron chi connectivity index (χ4n) is 1.46. The first-order valence-electron chi connectivity index (χ1n) is 6.37. The lowest BCUT2D eigenvalue weighted by molar-refractivity contribution is -0.123. The van der Waals surface area contributed by atoms with Crippen molar-refractivity contribution in [2.45, 2.75) is 13.1 Å². The molecule has 0 saturated heterocycles. The highest BCUT2D eigenvalue weighted by atomic mass is 19.4. The first-order valence-corrected chi connectivity index (χ1v) is 6.37. The van der Waals surface area contributed by atoms with Crippen molar-refractivity contribution in [2.24, 2.45) is 0 Å². The van der Waals surface area contributed by atoms with Gasteiger partial charge < -0.3 is 10.6 Å². The van der Waals surface area contributed by atoms with Gasteiger partial charge in [0.1, 0.15) is 6.54 Å². The largest absolute Gasteiger partial charge is 0.405 e. The van der Waals surface area contributed by atoms with E-state index in [2.05, 4.69) is 5.32 Å². The first-order chi connectivity index (χ1) is 10.3. The highest BCUT2D eigenvalue weighted by Crippen LogP contribution is 2.14. The molecule has 4 nitrogen and oxygen atoms in total. The molecule has 0 radical (unpaired) electrons. The minimum atomic E-state index is -4.47. The van der Waals surface area contributed by atoms with E-state index in [-0.39, 0.29) is 5.56 Å². The Morgan fingerprint density at radius 2 is 1.95 bits per heavy atom. The third-order valence-electron chi connectivity index (χ3n) is 2.39. The monoisotopic (exact) mass is 312 g/mol. The van der Waals surface area contributed by atoms with Gasteiger partial charge in [0, 0.05) is 17.3 Å². The Morgan fingerprint density at radius 1 is 1.23 bits per heavy atom. The molecule has 0 atom stereocenters. The average Bonchev–Trinajstić information content (AvgIpc) is 2.44. The number of rotatable bonds is 5. The topological polar surface area (TPSA) is 58.2 Å². The van der Waals surface area contributed by atoms with Crippen molar-refractivity contribution < 1.29 is 22.8 Å². The number of nitrogens with one attached hydrogen (secondary N) is 2. The summed E-state index contributed by atoms with van der Waals surface area (Å²) in [4.78, 5) is 23.1. The van der Waals surface area contributed by atoms with Crippen LogP contribution >= 0.6 is 0 Å². The van der Waals surface area contributed by atoms with Crippen LogP contribution in [-0.4, -0.2) is 24.5 Å². The average molecular weight is 312 g/mol. The summed E-state index contributed by atoms with van der Waals surface area (Å²) in [5.41, 5.74) is 0.342. The van der Waals surface area contributed by atoms with Gasteiger partial charge in [0.25, 0.3) is 5.91 Å². The fraction of sp³-hybridized carbons (Fsp3) is 0.200. The Bertz CT molecular complexity index is 593. The van der Waals surface area contributed by atoms with Gasteiger partial charge in [-0.05, 0) is 25.1 Å². The highest BCUT2D eigenvalue weighted by Gasteiger charge is 2.27. The molecule has 2 N–H and O–H groups in total. The number of amides is 2. The summed E-state index contributed by atoms with van der Waals surface area (Å²) in [5.74, 6) is -1.27. The summed E-state index contributed by atoms with van der Waals surface area (Å²) in [6.45, 7) is 0.389. The molecule has 0 fully saturated rings. The van der Waals surface area contributed by atoms with E-state index >= 15 is 0 Å². The van der Waals surface area contributed by atoms with Crippen LogP contribution in [0.2, 0.25) is 0 Å². The van der Waals surface area contributed by atoms with Gasteiger partial charge in [-0.2, -0.15) is 13.2 Å². The molecule has 0 saturated carbocycles. The molecule has 0 aliphatic heterocycles. The fourth-order valence-corrected chi connectivity index (χ4v) is 1.46. The number of halogens is 3. The number of hydrogen-bond donors (Lipinski definition) is 2. The van der Waals surface area contributed by atoms with Crippen molar-refractivity contribution in [2.75, 3.05) is 11.9 Å². The van der Waals surface area contributed by atoms with Gasteiger partial charge in [-0.1, -0.05) is 24.3 Å². The molecule has 0 bridgehead atoms. The molecule has 0 heterocycles. The third-order valence-corrected chi connectivity index (χ3v) is 2.39. The Kier molecular flexibility index (Phi) is 6.37. The van der Waals surface area contributed by atoms with E-state index in [0.717, 1.165) is 0 Å². The summed E-state index contributed by atoms with van der Waals surface area (Å²) in [5, 5.41) is 4.27. The molecule has 1 aromatic carbocycles. The molecule has 7 heteroatoms. The molecule has 1 rings (SSSR count). The minimum Gasteiger partial charge on any atom is -0.343 e. The van der Waals surface area contributed by atoms with Crippen LogP contribution in [0.25, 0.3) is 0 Å². The minimum absolute atomic E-state index is 0.0273. The van der Waals surface area contributed by atoms with Gasteiger partial charge in [0.2, 0.25) is 5.91 Å². The molecule has 0 aliphatic carbocycles. The van der Waals surface area contributed by atoms with E-state index in [1.54, 1.807) is 24.4 Å². The Balaban J connectivity index is 2.69. The van der Waals surface area contributed by atoms with Crippen LogP contribution in [0.4, 0.5) is 18.9 Å². The third kappa shape index (κ3) is 6.74. The summed E-state index contributed by atoms with van der Waals surface area (Å²) >= 11 is 0. The molecule has 1 aromatic rings. The second-order valence-corrected chi connectivity index (χ2v) is 4.25. The summed E-state index contributed by atoms with van der Waals surface area (Å²) in [6, 6.07) is 5.65. The molecule has 22 heavy (non-hydrogen) atoms. The molecule has 0 aliphatic rings. The van der Waals surface area contributed by atoms with Crippen LogP contribution < -0.4 is 10.6 Å². The summed E-state index contributed by atoms with van der Waals surface area (Å²) in [6.07, 6.45) is 1.76. The van der Waals surface area contributed by atoms with Crippen molar-refractivity contribution in [1.29, 1.82) is 0 Å². The van der Waals surface area contributed by atoms with Crippen LogP contribution in [0.5, 0.6) is 0 Å². The van der Waals surface area contributed by atoms with Crippen LogP contribution in [0, 0.1) is 0 Å². The zero-order valence-corrected chi connectivity index (χ0v) is 11.8. The second kappa shape index (κ2) is 8.02. The molecular weight excluding hydrogens is 297 g/mol. The van der Waals surface area contributed by atoms with Gasteiger partial charge in [-0.3, -0.25) is 9.59 Å².